The second-order valence-electron chi connectivity index (χ2n) is 5.04. The minimum Gasteiger partial charge on any atom is -0.454 e. The van der Waals surface area contributed by atoms with Crippen molar-refractivity contribution in [1.82, 2.24) is 9.97 Å². The van der Waals surface area contributed by atoms with Crippen LogP contribution in [-0.2, 0) is 29.0 Å². The molecule has 0 spiro atoms. The van der Waals surface area contributed by atoms with Gasteiger partial charge in [-0.05, 0) is 31.7 Å². The third kappa shape index (κ3) is 2.87. The van der Waals surface area contributed by atoms with Crippen molar-refractivity contribution in [2.45, 2.75) is 32.8 Å². The lowest BCUT2D eigenvalue weighted by Crippen LogP contribution is -2.13. The van der Waals surface area contributed by atoms with E-state index in [1.807, 2.05) is 13.0 Å². The number of carbonyl (C=O) groups excluding carboxylic acids is 1. The molecule has 6 heteroatoms. The van der Waals surface area contributed by atoms with Crippen LogP contribution in [0.25, 0.3) is 10.2 Å². The van der Waals surface area contributed by atoms with E-state index in [0.717, 1.165) is 29.7 Å². The molecule has 5 nitrogen and oxygen atoms in total. The van der Waals surface area contributed by atoms with Gasteiger partial charge in [-0.3, -0.25) is 4.79 Å². The van der Waals surface area contributed by atoms with Gasteiger partial charge in [-0.1, -0.05) is 18.2 Å². The van der Waals surface area contributed by atoms with Gasteiger partial charge in [-0.2, -0.15) is 0 Å². The van der Waals surface area contributed by atoms with E-state index < -0.39 is 5.97 Å². The van der Waals surface area contributed by atoms with Gasteiger partial charge in [0.1, 0.15) is 17.3 Å². The summed E-state index contributed by atoms with van der Waals surface area (Å²) < 4.78 is 5.07. The molecular formula is C16H16N2O3S. The summed E-state index contributed by atoms with van der Waals surface area (Å²) in [6.45, 7) is 1.82. The average molecular weight is 316 g/mol. The molecule has 0 saturated carbocycles. The van der Waals surface area contributed by atoms with E-state index in [9.17, 15) is 9.59 Å². The first-order valence-electron chi connectivity index (χ1n) is 7.18. The number of carbonyl (C=O) groups is 1. The maximum atomic E-state index is 12.2. The van der Waals surface area contributed by atoms with Crippen LogP contribution in [-0.4, -0.2) is 15.9 Å². The molecular weight excluding hydrogens is 300 g/mol. The first kappa shape index (κ1) is 14.7. The van der Waals surface area contributed by atoms with Gasteiger partial charge in [0.2, 0.25) is 0 Å². The summed E-state index contributed by atoms with van der Waals surface area (Å²) in [5.41, 5.74) is 1.01. The monoisotopic (exact) mass is 316 g/mol. The van der Waals surface area contributed by atoms with E-state index in [-0.39, 0.29) is 12.2 Å². The second-order valence-corrected chi connectivity index (χ2v) is 6.13. The average Bonchev–Trinajstić information content (AvgIpc) is 3.05. The highest BCUT2D eigenvalue weighted by molar-refractivity contribution is 7.18. The molecule has 0 aromatic carbocycles. The number of esters is 1. The maximum Gasteiger partial charge on any atom is 0.331 e. The number of nitrogens with zero attached hydrogens (tertiary/aromatic N) is 1. The van der Waals surface area contributed by atoms with E-state index in [1.54, 1.807) is 23.5 Å². The number of hydrogen-bond acceptors (Lipinski definition) is 5. The molecule has 0 atom stereocenters. The molecule has 0 unspecified atom stereocenters. The summed E-state index contributed by atoms with van der Waals surface area (Å²) >= 11 is 1.57. The van der Waals surface area contributed by atoms with Crippen LogP contribution in [0.15, 0.2) is 29.1 Å². The number of aromatic amines is 1. The molecule has 2 heterocycles. The number of H-pyrrole nitrogens is 1. The van der Waals surface area contributed by atoms with Crippen molar-refractivity contribution in [2.24, 2.45) is 0 Å². The Bertz CT molecular complexity index is 830. The van der Waals surface area contributed by atoms with Gasteiger partial charge in [0.15, 0.2) is 0 Å². The highest BCUT2D eigenvalue weighted by atomic mass is 32.1. The van der Waals surface area contributed by atoms with Crippen LogP contribution in [0.4, 0.5) is 0 Å². The Kier molecular flexibility index (Phi) is 4.20. The topological polar surface area (TPSA) is 72.0 Å². The van der Waals surface area contributed by atoms with Gasteiger partial charge in [0.05, 0.1) is 5.39 Å². The van der Waals surface area contributed by atoms with Gasteiger partial charge < -0.3 is 9.72 Å². The van der Waals surface area contributed by atoms with E-state index in [4.69, 9.17) is 4.74 Å². The van der Waals surface area contributed by atoms with Crippen LogP contribution >= 0.6 is 11.3 Å². The molecule has 1 N–H and O–H groups in total. The van der Waals surface area contributed by atoms with Crippen LogP contribution in [0, 0.1) is 0 Å². The fourth-order valence-electron chi connectivity index (χ4n) is 2.55. The molecule has 1 aliphatic rings. The van der Waals surface area contributed by atoms with Crippen molar-refractivity contribution in [1.29, 1.82) is 0 Å². The maximum absolute atomic E-state index is 12.2. The zero-order chi connectivity index (χ0) is 15.5. The summed E-state index contributed by atoms with van der Waals surface area (Å²) in [6.07, 6.45) is 9.56. The normalized spacial score (nSPS) is 14.2. The zero-order valence-corrected chi connectivity index (χ0v) is 13.0. The third-order valence-electron chi connectivity index (χ3n) is 3.51. The van der Waals surface area contributed by atoms with Gasteiger partial charge >= 0.3 is 5.97 Å². The van der Waals surface area contributed by atoms with E-state index in [0.29, 0.717) is 11.2 Å². The first-order valence-corrected chi connectivity index (χ1v) is 8.00. The lowest BCUT2D eigenvalue weighted by molar-refractivity contribution is -0.139. The Morgan fingerprint density at radius 1 is 1.41 bits per heavy atom. The Labute approximate surface area is 131 Å². The van der Waals surface area contributed by atoms with Gasteiger partial charge in [-0.15, -0.1) is 11.3 Å². The van der Waals surface area contributed by atoms with Crippen molar-refractivity contribution in [3.63, 3.8) is 0 Å². The predicted octanol–water partition coefficient (Wildman–Crippen LogP) is 2.65. The van der Waals surface area contributed by atoms with Crippen LogP contribution in [0.5, 0.6) is 0 Å². The van der Waals surface area contributed by atoms with Crippen molar-refractivity contribution in [3.05, 3.63) is 50.9 Å². The van der Waals surface area contributed by atoms with Crippen LogP contribution in [0.3, 0.4) is 0 Å². The number of nitrogens with one attached hydrogen (secondary N) is 1. The Morgan fingerprint density at radius 3 is 3.09 bits per heavy atom. The fourth-order valence-corrected chi connectivity index (χ4v) is 3.83. The summed E-state index contributed by atoms with van der Waals surface area (Å²) in [5, 5.41) is 0.709. The molecule has 3 rings (SSSR count). The number of allylic oxidation sites excluding steroid dienone is 3. The van der Waals surface area contributed by atoms with E-state index >= 15 is 0 Å². The summed E-state index contributed by atoms with van der Waals surface area (Å²) in [6, 6.07) is 0. The number of hydrogen-bond donors (Lipinski definition) is 1. The van der Waals surface area contributed by atoms with E-state index in [2.05, 4.69) is 9.97 Å². The lowest BCUT2D eigenvalue weighted by atomic mass is 10.2. The fraction of sp³-hybridized carbons (Fsp3) is 0.312. The van der Waals surface area contributed by atoms with Crippen LogP contribution in [0.1, 0.15) is 29.6 Å². The van der Waals surface area contributed by atoms with Gasteiger partial charge in [-0.25, -0.2) is 9.78 Å². The smallest absolute Gasteiger partial charge is 0.331 e. The van der Waals surface area contributed by atoms with E-state index in [1.165, 1.54) is 11.0 Å². The number of fused-ring (bicyclic) bond motifs is 3. The minimum absolute atomic E-state index is 0.0350. The number of aryl methyl sites for hydroxylation is 2. The molecule has 2 aromatic rings. The van der Waals surface area contributed by atoms with Crippen LogP contribution < -0.4 is 5.56 Å². The quantitative estimate of drug-likeness (QED) is 0.535. The highest BCUT2D eigenvalue weighted by Gasteiger charge is 2.21. The lowest BCUT2D eigenvalue weighted by Gasteiger charge is -2.02. The molecule has 1 aliphatic carbocycles. The SMILES string of the molecule is C/C=C/C=C/C(=O)OCc1nc2sc3c(c2c(=O)[nH]1)CCC3. The summed E-state index contributed by atoms with van der Waals surface area (Å²) in [5.74, 6) is -0.0836. The highest BCUT2D eigenvalue weighted by Crippen LogP contribution is 2.34. The summed E-state index contributed by atoms with van der Waals surface area (Å²) in [7, 11) is 0. The Morgan fingerprint density at radius 2 is 2.27 bits per heavy atom. The van der Waals surface area contributed by atoms with Crippen molar-refractivity contribution in [3.8, 4) is 0 Å². The molecule has 2 aromatic heterocycles. The predicted molar refractivity (Wildman–Crippen MR) is 86.0 cm³/mol. The number of aromatic nitrogens is 2. The number of rotatable bonds is 4. The molecule has 0 aliphatic heterocycles. The van der Waals surface area contributed by atoms with Crippen molar-refractivity contribution < 1.29 is 9.53 Å². The Hall–Kier alpha value is -2.21. The molecule has 22 heavy (non-hydrogen) atoms. The number of thiophene rings is 1. The van der Waals surface area contributed by atoms with Crippen molar-refractivity contribution >= 4 is 27.5 Å². The van der Waals surface area contributed by atoms with Crippen LogP contribution in [0.2, 0.25) is 0 Å². The standard InChI is InChI=1S/C16H16N2O3S/c1-2-3-4-8-13(19)21-9-12-17-15(20)14-10-6-5-7-11(10)22-16(14)18-12/h2-4,8H,5-7,9H2,1H3,(H,17,18,20)/b3-2+,8-4+. The zero-order valence-electron chi connectivity index (χ0n) is 12.2. The molecule has 0 bridgehead atoms. The molecule has 114 valence electrons. The first-order chi connectivity index (χ1) is 10.7. The third-order valence-corrected chi connectivity index (χ3v) is 4.70. The van der Waals surface area contributed by atoms with Crippen molar-refractivity contribution in [2.75, 3.05) is 0 Å². The molecule has 0 fully saturated rings. The molecule has 0 radical (unpaired) electrons. The minimum atomic E-state index is -0.463. The van der Waals surface area contributed by atoms with Gasteiger partial charge in [0.25, 0.3) is 5.56 Å². The second kappa shape index (κ2) is 6.27. The number of ether oxygens (including phenoxy) is 1. The summed E-state index contributed by atoms with van der Waals surface area (Å²) in [4.78, 5) is 32.8. The largest absolute Gasteiger partial charge is 0.454 e. The Balaban J connectivity index is 1.78. The molecule has 0 saturated heterocycles. The van der Waals surface area contributed by atoms with Gasteiger partial charge in [0, 0.05) is 11.0 Å². The molecule has 0 amide bonds.